The number of halogens is 5. The summed E-state index contributed by atoms with van der Waals surface area (Å²) < 4.78 is 78.9. The van der Waals surface area contributed by atoms with E-state index in [1.54, 1.807) is 12.1 Å². The Balaban J connectivity index is 1.32. The van der Waals surface area contributed by atoms with Crippen molar-refractivity contribution in [2.75, 3.05) is 0 Å². The van der Waals surface area contributed by atoms with Crippen LogP contribution in [0.3, 0.4) is 0 Å². The average Bonchev–Trinajstić information content (AvgIpc) is 2.83. The summed E-state index contributed by atoms with van der Waals surface area (Å²) in [6.45, 7) is 0.205. The average molecular weight is 501 g/mol. The predicted molar refractivity (Wildman–Crippen MR) is 118 cm³/mol. The molecule has 2 aromatic carbocycles. The quantitative estimate of drug-likeness (QED) is 0.337. The second-order valence-corrected chi connectivity index (χ2v) is 7.98. The van der Waals surface area contributed by atoms with Gasteiger partial charge in [0.05, 0.1) is 5.69 Å². The lowest BCUT2D eigenvalue weighted by Gasteiger charge is -2.21. The van der Waals surface area contributed by atoms with Crippen LogP contribution in [0.2, 0.25) is 0 Å². The van der Waals surface area contributed by atoms with Gasteiger partial charge in [-0.3, -0.25) is 4.57 Å². The van der Waals surface area contributed by atoms with Gasteiger partial charge in [0.15, 0.2) is 11.6 Å². The zero-order valence-electron chi connectivity index (χ0n) is 18.4. The summed E-state index contributed by atoms with van der Waals surface area (Å²) in [6.07, 6.45) is -4.17. The third kappa shape index (κ3) is 4.77. The van der Waals surface area contributed by atoms with Crippen molar-refractivity contribution in [1.82, 2.24) is 14.5 Å². The first-order valence-corrected chi connectivity index (χ1v) is 10.7. The second-order valence-electron chi connectivity index (χ2n) is 7.98. The molecule has 11 heteroatoms. The van der Waals surface area contributed by atoms with E-state index >= 15 is 0 Å². The highest BCUT2D eigenvalue weighted by atomic mass is 19.4. The Hall–Kier alpha value is -4.28. The van der Waals surface area contributed by atoms with Gasteiger partial charge >= 0.3 is 11.9 Å². The second kappa shape index (κ2) is 9.06. The normalized spacial score (nSPS) is 12.6. The number of fused-ring (bicyclic) bond motifs is 3. The Labute approximate surface area is 200 Å². The topological polar surface area (TPSA) is 66.2 Å². The molecule has 184 valence electrons. The number of aryl methyl sites for hydroxylation is 1. The Kier molecular flexibility index (Phi) is 5.91. The zero-order valence-corrected chi connectivity index (χ0v) is 18.4. The predicted octanol–water partition coefficient (Wildman–Crippen LogP) is 5.53. The van der Waals surface area contributed by atoms with Crippen molar-refractivity contribution in [3.63, 3.8) is 0 Å². The van der Waals surface area contributed by atoms with Gasteiger partial charge in [-0.1, -0.05) is 12.1 Å². The van der Waals surface area contributed by atoms with E-state index in [2.05, 4.69) is 9.97 Å². The first-order valence-electron chi connectivity index (χ1n) is 10.7. The summed E-state index contributed by atoms with van der Waals surface area (Å²) in [4.78, 5) is 19.7. The molecule has 0 fully saturated rings. The molecule has 1 aliphatic heterocycles. The van der Waals surface area contributed by atoms with Crippen LogP contribution in [0.25, 0.3) is 11.3 Å². The molecule has 0 spiro atoms. The fraction of sp³-hybridized carbons (Fsp3) is 0.160. The van der Waals surface area contributed by atoms with Crippen LogP contribution in [-0.4, -0.2) is 14.5 Å². The minimum atomic E-state index is -4.66. The molecular weight excluding hydrogens is 485 g/mol. The van der Waals surface area contributed by atoms with Gasteiger partial charge in [0, 0.05) is 24.2 Å². The van der Waals surface area contributed by atoms with Crippen LogP contribution < -0.4 is 15.2 Å². The summed E-state index contributed by atoms with van der Waals surface area (Å²) in [6, 6.07) is 12.7. The van der Waals surface area contributed by atoms with E-state index in [0.717, 1.165) is 23.8 Å². The molecule has 36 heavy (non-hydrogen) atoms. The highest BCUT2D eigenvalue weighted by Crippen LogP contribution is 2.32. The summed E-state index contributed by atoms with van der Waals surface area (Å²) in [5, 5.41) is 0. The third-order valence-corrected chi connectivity index (χ3v) is 5.55. The molecule has 0 saturated carbocycles. The smallest absolute Gasteiger partial charge is 0.433 e. The van der Waals surface area contributed by atoms with Crippen molar-refractivity contribution in [2.45, 2.75) is 25.7 Å². The Bertz CT molecular complexity index is 1520. The maximum atomic E-state index is 14.6. The van der Waals surface area contributed by atoms with E-state index in [4.69, 9.17) is 9.47 Å². The Morgan fingerprint density at radius 2 is 1.78 bits per heavy atom. The van der Waals surface area contributed by atoms with Gasteiger partial charge in [-0.25, -0.2) is 18.6 Å². The molecule has 2 aromatic heterocycles. The van der Waals surface area contributed by atoms with E-state index < -0.39 is 29.3 Å². The molecule has 1 aliphatic rings. The highest BCUT2D eigenvalue weighted by Gasteiger charge is 2.32. The molecule has 0 atom stereocenters. The maximum Gasteiger partial charge on any atom is 0.433 e. The molecule has 0 bridgehead atoms. The molecule has 0 saturated heterocycles. The molecule has 3 heterocycles. The van der Waals surface area contributed by atoms with Crippen LogP contribution in [0.15, 0.2) is 65.5 Å². The monoisotopic (exact) mass is 501 g/mol. The number of pyridine rings is 1. The first-order chi connectivity index (χ1) is 17.2. The van der Waals surface area contributed by atoms with E-state index in [1.807, 2.05) is 0 Å². The van der Waals surface area contributed by atoms with Crippen LogP contribution in [-0.2, 0) is 25.7 Å². The summed E-state index contributed by atoms with van der Waals surface area (Å²) >= 11 is 0. The van der Waals surface area contributed by atoms with Gasteiger partial charge in [0.25, 0.3) is 0 Å². The molecule has 0 amide bonds. The lowest BCUT2D eigenvalue weighted by atomic mass is 9.98. The number of ether oxygens (including phenoxy) is 2. The van der Waals surface area contributed by atoms with Crippen LogP contribution in [0.1, 0.15) is 16.8 Å². The Morgan fingerprint density at radius 1 is 0.944 bits per heavy atom. The molecule has 0 radical (unpaired) electrons. The number of rotatable bonds is 5. The lowest BCUT2D eigenvalue weighted by Crippen LogP contribution is -2.28. The van der Waals surface area contributed by atoms with Gasteiger partial charge in [-0.05, 0) is 53.9 Å². The number of hydrogen-bond donors (Lipinski definition) is 0. The zero-order chi connectivity index (χ0) is 25.4. The fourth-order valence-corrected chi connectivity index (χ4v) is 3.87. The molecule has 6 nitrogen and oxygen atoms in total. The number of nitrogens with zero attached hydrogens (tertiary/aromatic N) is 3. The van der Waals surface area contributed by atoms with E-state index in [-0.39, 0.29) is 24.1 Å². The summed E-state index contributed by atoms with van der Waals surface area (Å²) in [7, 11) is 0. The SMILES string of the molecule is O=c1nc(OCc2ccc(Oc3cccc(C(F)(F)F)n3)c(F)c2)cc2n1CCc1cc(F)ccc1-2. The van der Waals surface area contributed by atoms with Crippen molar-refractivity contribution >= 4 is 0 Å². The van der Waals surface area contributed by atoms with Crippen LogP contribution in [0, 0.1) is 11.6 Å². The van der Waals surface area contributed by atoms with Crippen LogP contribution >= 0.6 is 0 Å². The van der Waals surface area contributed by atoms with Gasteiger partial charge in [0.1, 0.15) is 18.1 Å². The van der Waals surface area contributed by atoms with Crippen LogP contribution in [0.4, 0.5) is 22.0 Å². The molecule has 5 rings (SSSR count). The molecule has 0 aliphatic carbocycles. The van der Waals surface area contributed by atoms with Crippen molar-refractivity contribution in [3.05, 3.63) is 99.6 Å². The maximum absolute atomic E-state index is 14.6. The summed E-state index contributed by atoms with van der Waals surface area (Å²) in [5.74, 6) is -1.93. The lowest BCUT2D eigenvalue weighted by molar-refractivity contribution is -0.141. The number of hydrogen-bond acceptors (Lipinski definition) is 5. The first kappa shape index (κ1) is 23.5. The van der Waals surface area contributed by atoms with Gasteiger partial charge in [-0.15, -0.1) is 0 Å². The molecule has 4 aromatic rings. The molecule has 0 N–H and O–H groups in total. The molecular formula is C25H16F5N3O3. The minimum absolute atomic E-state index is 0.0114. The highest BCUT2D eigenvalue weighted by molar-refractivity contribution is 5.66. The van der Waals surface area contributed by atoms with Gasteiger partial charge in [0.2, 0.25) is 11.8 Å². The number of aromatic nitrogens is 3. The van der Waals surface area contributed by atoms with E-state index in [1.165, 1.54) is 34.9 Å². The van der Waals surface area contributed by atoms with Gasteiger partial charge in [-0.2, -0.15) is 18.2 Å². The van der Waals surface area contributed by atoms with E-state index in [0.29, 0.717) is 29.8 Å². The van der Waals surface area contributed by atoms with Crippen molar-refractivity contribution in [1.29, 1.82) is 0 Å². The molecule has 0 unspecified atom stereocenters. The largest absolute Gasteiger partial charge is 0.473 e. The third-order valence-electron chi connectivity index (χ3n) is 5.55. The Morgan fingerprint density at radius 3 is 2.56 bits per heavy atom. The fourth-order valence-electron chi connectivity index (χ4n) is 3.87. The van der Waals surface area contributed by atoms with Crippen molar-refractivity contribution in [3.8, 4) is 28.8 Å². The number of benzene rings is 2. The van der Waals surface area contributed by atoms with Crippen molar-refractivity contribution < 1.29 is 31.4 Å². The minimum Gasteiger partial charge on any atom is -0.473 e. The van der Waals surface area contributed by atoms with E-state index in [9.17, 15) is 26.7 Å². The van der Waals surface area contributed by atoms with Crippen LogP contribution in [0.5, 0.6) is 17.5 Å². The van der Waals surface area contributed by atoms with Crippen molar-refractivity contribution in [2.24, 2.45) is 0 Å². The standard InChI is InChI=1S/C25H16F5N3O3/c26-16-5-6-17-15(11-16)8-9-33-19(17)12-23(32-24(33)34)35-13-14-4-7-20(18(27)10-14)36-22-3-1-2-21(31-22)25(28,29)30/h1-7,10-12H,8-9,13H2. The van der Waals surface area contributed by atoms with Gasteiger partial charge < -0.3 is 9.47 Å². The summed E-state index contributed by atoms with van der Waals surface area (Å²) in [5.41, 5.74) is 0.670. The number of alkyl halides is 3.